The van der Waals surface area contributed by atoms with E-state index in [4.69, 9.17) is 4.74 Å². The molecule has 112 valence electrons. The van der Waals surface area contributed by atoms with Gasteiger partial charge in [0.15, 0.2) is 0 Å². The van der Waals surface area contributed by atoms with E-state index in [0.717, 1.165) is 31.2 Å². The lowest BCUT2D eigenvalue weighted by Gasteiger charge is -2.31. The van der Waals surface area contributed by atoms with Crippen LogP contribution in [0.15, 0.2) is 24.3 Å². The largest absolute Gasteiger partial charge is 0.493 e. The summed E-state index contributed by atoms with van der Waals surface area (Å²) in [5, 5.41) is 3.74. The molecule has 0 saturated heterocycles. The van der Waals surface area contributed by atoms with Crippen molar-refractivity contribution in [2.45, 2.75) is 38.8 Å². The fraction of sp³-hybridized carbons (Fsp3) is 0.647. The zero-order valence-corrected chi connectivity index (χ0v) is 13.2. The molecule has 1 aromatic carbocycles. The standard InChI is InChI=1S/C17H28N2O/c1-13(2)11-14(19(3)4)12-18-16-9-10-20-17-8-6-5-7-15(16)17/h5-8,13-14,16,18H,9-12H2,1-4H3. The summed E-state index contributed by atoms with van der Waals surface area (Å²) in [5.41, 5.74) is 1.31. The van der Waals surface area contributed by atoms with E-state index in [1.54, 1.807) is 0 Å². The van der Waals surface area contributed by atoms with E-state index in [-0.39, 0.29) is 0 Å². The predicted octanol–water partition coefficient (Wildman–Crippen LogP) is 3.08. The van der Waals surface area contributed by atoms with Crippen molar-refractivity contribution in [2.75, 3.05) is 27.2 Å². The minimum absolute atomic E-state index is 0.426. The fourth-order valence-corrected chi connectivity index (χ4v) is 2.85. The lowest BCUT2D eigenvalue weighted by Crippen LogP contribution is -2.41. The maximum atomic E-state index is 5.72. The first-order valence-corrected chi connectivity index (χ1v) is 7.69. The first-order valence-electron chi connectivity index (χ1n) is 7.69. The number of rotatable bonds is 6. The molecule has 0 fully saturated rings. The van der Waals surface area contributed by atoms with Crippen LogP contribution in [0.2, 0.25) is 0 Å². The van der Waals surface area contributed by atoms with Crippen molar-refractivity contribution in [2.24, 2.45) is 5.92 Å². The van der Waals surface area contributed by atoms with Crippen LogP contribution in [0.3, 0.4) is 0 Å². The normalized spacial score (nSPS) is 19.8. The van der Waals surface area contributed by atoms with Gasteiger partial charge in [-0.3, -0.25) is 0 Å². The van der Waals surface area contributed by atoms with Crippen LogP contribution in [0.25, 0.3) is 0 Å². The second-order valence-corrected chi connectivity index (χ2v) is 6.38. The molecule has 0 radical (unpaired) electrons. The molecule has 3 heteroatoms. The van der Waals surface area contributed by atoms with Crippen molar-refractivity contribution in [3.8, 4) is 5.75 Å². The second-order valence-electron chi connectivity index (χ2n) is 6.38. The minimum Gasteiger partial charge on any atom is -0.493 e. The van der Waals surface area contributed by atoms with E-state index in [9.17, 15) is 0 Å². The number of nitrogens with zero attached hydrogens (tertiary/aromatic N) is 1. The van der Waals surface area contributed by atoms with Gasteiger partial charge in [-0.1, -0.05) is 32.0 Å². The summed E-state index contributed by atoms with van der Waals surface area (Å²) in [6.45, 7) is 6.43. The maximum Gasteiger partial charge on any atom is 0.124 e. The van der Waals surface area contributed by atoms with Gasteiger partial charge in [0.05, 0.1) is 6.61 Å². The Kier molecular flexibility index (Phi) is 5.44. The van der Waals surface area contributed by atoms with Gasteiger partial charge in [-0.05, 0) is 32.5 Å². The minimum atomic E-state index is 0.426. The van der Waals surface area contributed by atoms with Crippen LogP contribution >= 0.6 is 0 Å². The van der Waals surface area contributed by atoms with E-state index in [0.29, 0.717) is 12.1 Å². The Balaban J connectivity index is 1.97. The monoisotopic (exact) mass is 276 g/mol. The SMILES string of the molecule is CC(C)CC(CNC1CCOc2ccccc21)N(C)C. The van der Waals surface area contributed by atoms with Crippen LogP contribution < -0.4 is 10.1 Å². The molecule has 0 amide bonds. The van der Waals surface area contributed by atoms with Gasteiger partial charge in [0.25, 0.3) is 0 Å². The number of hydrogen-bond donors (Lipinski definition) is 1. The molecule has 2 unspecified atom stereocenters. The highest BCUT2D eigenvalue weighted by molar-refractivity contribution is 5.37. The Bertz CT molecular complexity index is 417. The molecule has 0 aliphatic carbocycles. The third-order valence-electron chi connectivity index (χ3n) is 4.03. The topological polar surface area (TPSA) is 24.5 Å². The van der Waals surface area contributed by atoms with Crippen molar-refractivity contribution in [3.05, 3.63) is 29.8 Å². The van der Waals surface area contributed by atoms with E-state index >= 15 is 0 Å². The number of likely N-dealkylation sites (N-methyl/N-ethyl adjacent to an activating group) is 1. The summed E-state index contributed by atoms with van der Waals surface area (Å²) in [4.78, 5) is 2.33. The van der Waals surface area contributed by atoms with Gasteiger partial charge in [0.2, 0.25) is 0 Å². The molecule has 1 heterocycles. The molecule has 20 heavy (non-hydrogen) atoms. The highest BCUT2D eigenvalue weighted by Crippen LogP contribution is 2.31. The molecular formula is C17H28N2O. The molecule has 1 aliphatic rings. The molecule has 1 aromatic rings. The average Bonchev–Trinajstić information content (AvgIpc) is 2.42. The van der Waals surface area contributed by atoms with Crippen molar-refractivity contribution in [1.29, 1.82) is 0 Å². The van der Waals surface area contributed by atoms with E-state index < -0.39 is 0 Å². The molecule has 0 bridgehead atoms. The fourth-order valence-electron chi connectivity index (χ4n) is 2.85. The first-order chi connectivity index (χ1) is 9.58. The van der Waals surface area contributed by atoms with Crippen LogP contribution in [-0.4, -0.2) is 38.2 Å². The number of benzene rings is 1. The van der Waals surface area contributed by atoms with E-state index in [2.05, 4.69) is 56.4 Å². The summed E-state index contributed by atoms with van der Waals surface area (Å²) in [5.74, 6) is 1.77. The lowest BCUT2D eigenvalue weighted by molar-refractivity contribution is 0.217. The van der Waals surface area contributed by atoms with Crippen LogP contribution in [0.5, 0.6) is 5.75 Å². The predicted molar refractivity (Wildman–Crippen MR) is 84.2 cm³/mol. The van der Waals surface area contributed by atoms with Crippen LogP contribution in [0.1, 0.15) is 38.3 Å². The number of para-hydroxylation sites is 1. The Morgan fingerprint density at radius 1 is 1.30 bits per heavy atom. The number of fused-ring (bicyclic) bond motifs is 1. The Morgan fingerprint density at radius 3 is 2.75 bits per heavy atom. The maximum absolute atomic E-state index is 5.72. The summed E-state index contributed by atoms with van der Waals surface area (Å²) in [6, 6.07) is 9.40. The number of nitrogens with one attached hydrogen (secondary N) is 1. The van der Waals surface area contributed by atoms with Gasteiger partial charge in [-0.25, -0.2) is 0 Å². The molecule has 3 nitrogen and oxygen atoms in total. The highest BCUT2D eigenvalue weighted by atomic mass is 16.5. The van der Waals surface area contributed by atoms with Gasteiger partial charge in [-0.15, -0.1) is 0 Å². The molecule has 1 aliphatic heterocycles. The molecule has 0 spiro atoms. The Hall–Kier alpha value is -1.06. The van der Waals surface area contributed by atoms with Crippen LogP contribution in [-0.2, 0) is 0 Å². The van der Waals surface area contributed by atoms with Crippen molar-refractivity contribution < 1.29 is 4.74 Å². The quantitative estimate of drug-likeness (QED) is 0.864. The van der Waals surface area contributed by atoms with Crippen molar-refractivity contribution in [1.82, 2.24) is 10.2 Å². The highest BCUT2D eigenvalue weighted by Gasteiger charge is 2.22. The average molecular weight is 276 g/mol. The third kappa shape index (κ3) is 3.97. The van der Waals surface area contributed by atoms with E-state index in [1.807, 2.05) is 6.07 Å². The van der Waals surface area contributed by atoms with Gasteiger partial charge in [0.1, 0.15) is 5.75 Å². The van der Waals surface area contributed by atoms with Crippen LogP contribution in [0.4, 0.5) is 0 Å². The summed E-state index contributed by atoms with van der Waals surface area (Å²) < 4.78 is 5.72. The molecule has 0 saturated carbocycles. The summed E-state index contributed by atoms with van der Waals surface area (Å²) in [6.07, 6.45) is 2.28. The van der Waals surface area contributed by atoms with E-state index in [1.165, 1.54) is 12.0 Å². The van der Waals surface area contributed by atoms with Gasteiger partial charge >= 0.3 is 0 Å². The molecule has 1 N–H and O–H groups in total. The zero-order chi connectivity index (χ0) is 14.5. The number of ether oxygens (including phenoxy) is 1. The van der Waals surface area contributed by atoms with Crippen molar-refractivity contribution in [3.63, 3.8) is 0 Å². The summed E-state index contributed by atoms with van der Waals surface area (Å²) in [7, 11) is 4.35. The van der Waals surface area contributed by atoms with Gasteiger partial charge in [-0.2, -0.15) is 0 Å². The van der Waals surface area contributed by atoms with Crippen LogP contribution in [0, 0.1) is 5.92 Å². The van der Waals surface area contributed by atoms with Gasteiger partial charge < -0.3 is 15.0 Å². The number of hydrogen-bond acceptors (Lipinski definition) is 3. The zero-order valence-electron chi connectivity index (χ0n) is 13.2. The van der Waals surface area contributed by atoms with Gasteiger partial charge in [0, 0.05) is 30.6 Å². The molecule has 2 atom stereocenters. The third-order valence-corrected chi connectivity index (χ3v) is 4.03. The first kappa shape index (κ1) is 15.3. The smallest absolute Gasteiger partial charge is 0.124 e. The Labute approximate surface area is 123 Å². The second kappa shape index (κ2) is 7.09. The lowest BCUT2D eigenvalue weighted by atomic mass is 9.98. The molecule has 2 rings (SSSR count). The molecular weight excluding hydrogens is 248 g/mol. The summed E-state index contributed by atoms with van der Waals surface area (Å²) >= 11 is 0. The Morgan fingerprint density at radius 2 is 2.05 bits per heavy atom. The van der Waals surface area contributed by atoms with Crippen molar-refractivity contribution >= 4 is 0 Å². The molecule has 0 aromatic heterocycles.